The zero-order chi connectivity index (χ0) is 17.8. The van der Waals surface area contributed by atoms with Crippen molar-refractivity contribution in [2.45, 2.75) is 59.0 Å². The number of anilines is 1. The molecule has 5 heteroatoms. The van der Waals surface area contributed by atoms with Crippen LogP contribution in [0.15, 0.2) is 23.6 Å². The Morgan fingerprint density at radius 3 is 2.84 bits per heavy atom. The summed E-state index contributed by atoms with van der Waals surface area (Å²) >= 11 is 1.70. The first kappa shape index (κ1) is 17.9. The third kappa shape index (κ3) is 3.87. The molecule has 1 unspecified atom stereocenters. The molecule has 3 rings (SSSR count). The van der Waals surface area contributed by atoms with E-state index >= 15 is 0 Å². The van der Waals surface area contributed by atoms with Crippen LogP contribution in [-0.4, -0.2) is 23.5 Å². The average molecular weight is 359 g/mol. The van der Waals surface area contributed by atoms with Crippen molar-refractivity contribution in [3.63, 3.8) is 0 Å². The van der Waals surface area contributed by atoms with E-state index in [1.54, 1.807) is 11.3 Å². The number of thiazole rings is 1. The first-order valence-corrected chi connectivity index (χ1v) is 10.1. The Balaban J connectivity index is 1.91. The van der Waals surface area contributed by atoms with Crippen LogP contribution in [0, 0.1) is 0 Å². The molecule has 1 aliphatic rings. The molecular formula is C20H26N2O2S. The third-order valence-electron chi connectivity index (χ3n) is 4.46. The minimum Gasteiger partial charge on any atom is -0.479 e. The number of unbranched alkanes of at least 4 members (excludes halogenated alkanes) is 2. The summed E-state index contributed by atoms with van der Waals surface area (Å²) in [6.07, 6.45) is 4.96. The largest absolute Gasteiger partial charge is 0.479 e. The molecule has 1 atom stereocenters. The first-order chi connectivity index (χ1) is 12.1. The summed E-state index contributed by atoms with van der Waals surface area (Å²) in [6, 6.07) is 6.06. The molecule has 1 amide bonds. The molecule has 1 aliphatic heterocycles. The standard InChI is InChI=1S/C20H26N2O2S/c1-4-6-7-11-22-17-12-15(16-13-25-19(21-16)8-5-2)9-10-18(17)24-14(3)20(22)23/h9-10,12-14H,4-8,11H2,1-3H3. The number of nitrogens with zero attached hydrogens (tertiary/aromatic N) is 2. The van der Waals surface area contributed by atoms with E-state index in [0.29, 0.717) is 0 Å². The van der Waals surface area contributed by atoms with Crippen molar-refractivity contribution in [1.29, 1.82) is 0 Å². The Morgan fingerprint density at radius 2 is 2.08 bits per heavy atom. The van der Waals surface area contributed by atoms with Gasteiger partial charge in [0, 0.05) is 17.5 Å². The van der Waals surface area contributed by atoms with Gasteiger partial charge in [0.25, 0.3) is 5.91 Å². The zero-order valence-corrected chi connectivity index (χ0v) is 16.1. The summed E-state index contributed by atoms with van der Waals surface area (Å²) in [6.45, 7) is 6.91. The Kier molecular flexibility index (Phi) is 5.74. The van der Waals surface area contributed by atoms with Crippen LogP contribution < -0.4 is 9.64 Å². The van der Waals surface area contributed by atoms with Crippen molar-refractivity contribution in [1.82, 2.24) is 4.98 Å². The molecular weight excluding hydrogens is 332 g/mol. The number of fused-ring (bicyclic) bond motifs is 1. The average Bonchev–Trinajstić information content (AvgIpc) is 3.07. The van der Waals surface area contributed by atoms with Crippen LogP contribution in [0.1, 0.15) is 51.5 Å². The molecule has 2 aromatic rings. The minimum atomic E-state index is -0.421. The molecule has 0 aliphatic carbocycles. The number of carbonyl (C=O) groups excluding carboxylic acids is 1. The van der Waals surface area contributed by atoms with E-state index in [1.165, 1.54) is 0 Å². The van der Waals surface area contributed by atoms with Crippen LogP contribution in [0.2, 0.25) is 0 Å². The molecule has 0 N–H and O–H groups in total. The Hall–Kier alpha value is -1.88. The maximum Gasteiger partial charge on any atom is 0.267 e. The highest BCUT2D eigenvalue weighted by molar-refractivity contribution is 7.09. The second kappa shape index (κ2) is 8.00. The molecule has 0 radical (unpaired) electrons. The number of rotatable bonds is 7. The lowest BCUT2D eigenvalue weighted by molar-refractivity contribution is -0.125. The molecule has 0 bridgehead atoms. The molecule has 25 heavy (non-hydrogen) atoms. The fourth-order valence-electron chi connectivity index (χ4n) is 3.09. The highest BCUT2D eigenvalue weighted by Gasteiger charge is 2.31. The fourth-order valence-corrected chi connectivity index (χ4v) is 4.00. The van der Waals surface area contributed by atoms with Crippen LogP contribution in [-0.2, 0) is 11.2 Å². The van der Waals surface area contributed by atoms with Gasteiger partial charge in [-0.25, -0.2) is 4.98 Å². The monoisotopic (exact) mass is 358 g/mol. The predicted octanol–water partition coefficient (Wildman–Crippen LogP) is 5.07. The SMILES string of the molecule is CCCCCN1C(=O)C(C)Oc2ccc(-c3csc(CCC)n3)cc21. The van der Waals surface area contributed by atoms with E-state index in [0.717, 1.165) is 66.4 Å². The first-order valence-electron chi connectivity index (χ1n) is 9.20. The summed E-state index contributed by atoms with van der Waals surface area (Å²) in [7, 11) is 0. The number of aromatic nitrogens is 1. The second-order valence-electron chi connectivity index (χ2n) is 6.52. The Bertz CT molecular complexity index is 741. The summed E-state index contributed by atoms with van der Waals surface area (Å²) < 4.78 is 5.81. The van der Waals surface area contributed by atoms with E-state index in [4.69, 9.17) is 9.72 Å². The van der Waals surface area contributed by atoms with Crippen molar-refractivity contribution < 1.29 is 9.53 Å². The Morgan fingerprint density at radius 1 is 1.24 bits per heavy atom. The van der Waals surface area contributed by atoms with Gasteiger partial charge in [0.05, 0.1) is 16.4 Å². The van der Waals surface area contributed by atoms with Crippen LogP contribution >= 0.6 is 11.3 Å². The van der Waals surface area contributed by atoms with Gasteiger partial charge in [0.1, 0.15) is 5.75 Å². The number of amides is 1. The third-order valence-corrected chi connectivity index (χ3v) is 5.37. The van der Waals surface area contributed by atoms with Crippen molar-refractivity contribution >= 4 is 22.9 Å². The lowest BCUT2D eigenvalue weighted by Crippen LogP contribution is -2.44. The number of hydrogen-bond acceptors (Lipinski definition) is 4. The van der Waals surface area contributed by atoms with E-state index in [-0.39, 0.29) is 5.91 Å². The van der Waals surface area contributed by atoms with Crippen molar-refractivity contribution in [2.75, 3.05) is 11.4 Å². The van der Waals surface area contributed by atoms with E-state index in [2.05, 4.69) is 25.3 Å². The maximum absolute atomic E-state index is 12.6. The van der Waals surface area contributed by atoms with Crippen LogP contribution in [0.25, 0.3) is 11.3 Å². The number of ether oxygens (including phenoxy) is 1. The van der Waals surface area contributed by atoms with Gasteiger partial charge in [0.2, 0.25) is 0 Å². The molecule has 1 aromatic carbocycles. The van der Waals surface area contributed by atoms with Gasteiger partial charge in [-0.15, -0.1) is 11.3 Å². The van der Waals surface area contributed by atoms with Crippen LogP contribution in [0.5, 0.6) is 5.75 Å². The quantitative estimate of drug-likeness (QED) is 0.649. The van der Waals surface area contributed by atoms with Gasteiger partial charge in [-0.1, -0.05) is 26.7 Å². The molecule has 4 nitrogen and oxygen atoms in total. The van der Waals surface area contributed by atoms with E-state index in [1.807, 2.05) is 24.0 Å². The van der Waals surface area contributed by atoms with E-state index < -0.39 is 6.10 Å². The second-order valence-corrected chi connectivity index (χ2v) is 7.46. The normalized spacial score (nSPS) is 16.7. The van der Waals surface area contributed by atoms with E-state index in [9.17, 15) is 4.79 Å². The van der Waals surface area contributed by atoms with Gasteiger partial charge in [-0.3, -0.25) is 4.79 Å². The fraction of sp³-hybridized carbons (Fsp3) is 0.500. The summed E-state index contributed by atoms with van der Waals surface area (Å²) in [4.78, 5) is 19.2. The maximum atomic E-state index is 12.6. The highest BCUT2D eigenvalue weighted by Crippen LogP contribution is 2.38. The predicted molar refractivity (Wildman–Crippen MR) is 104 cm³/mol. The summed E-state index contributed by atoms with van der Waals surface area (Å²) in [5.74, 6) is 0.835. The lowest BCUT2D eigenvalue weighted by Gasteiger charge is -2.33. The molecule has 134 valence electrons. The van der Waals surface area contributed by atoms with Gasteiger partial charge >= 0.3 is 0 Å². The van der Waals surface area contributed by atoms with Crippen molar-refractivity contribution in [2.24, 2.45) is 0 Å². The summed E-state index contributed by atoms with van der Waals surface area (Å²) in [5, 5.41) is 3.26. The molecule has 0 fully saturated rings. The minimum absolute atomic E-state index is 0.0469. The molecule has 2 heterocycles. The lowest BCUT2D eigenvalue weighted by atomic mass is 10.1. The molecule has 0 spiro atoms. The van der Waals surface area contributed by atoms with Gasteiger partial charge in [0.15, 0.2) is 6.10 Å². The van der Waals surface area contributed by atoms with Crippen LogP contribution in [0.4, 0.5) is 5.69 Å². The van der Waals surface area contributed by atoms with Crippen molar-refractivity contribution in [3.8, 4) is 17.0 Å². The van der Waals surface area contributed by atoms with Crippen molar-refractivity contribution in [3.05, 3.63) is 28.6 Å². The molecule has 0 saturated heterocycles. The van der Waals surface area contributed by atoms with Gasteiger partial charge in [-0.05, 0) is 44.4 Å². The van der Waals surface area contributed by atoms with Crippen LogP contribution in [0.3, 0.4) is 0 Å². The van der Waals surface area contributed by atoms with Gasteiger partial charge in [-0.2, -0.15) is 0 Å². The highest BCUT2D eigenvalue weighted by atomic mass is 32.1. The number of carbonyl (C=O) groups is 1. The zero-order valence-electron chi connectivity index (χ0n) is 15.2. The number of hydrogen-bond donors (Lipinski definition) is 0. The summed E-state index contributed by atoms with van der Waals surface area (Å²) in [5.41, 5.74) is 2.90. The number of benzene rings is 1. The smallest absolute Gasteiger partial charge is 0.267 e. The molecule has 0 saturated carbocycles. The molecule has 1 aromatic heterocycles. The number of aryl methyl sites for hydroxylation is 1. The topological polar surface area (TPSA) is 42.4 Å². The van der Waals surface area contributed by atoms with Gasteiger partial charge < -0.3 is 9.64 Å². The Labute approximate surface area is 153 Å².